The average Bonchev–Trinajstić information content (AvgIpc) is 2.94. The molecule has 1 aromatic heterocycles. The topological polar surface area (TPSA) is 88.6 Å². The third-order valence-electron chi connectivity index (χ3n) is 6.66. The number of esters is 1. The smallest absolute Gasteiger partial charge is 0.356 e. The van der Waals surface area contributed by atoms with Crippen molar-refractivity contribution in [2.75, 3.05) is 25.5 Å². The van der Waals surface area contributed by atoms with Crippen LogP contribution in [0.5, 0.6) is 0 Å². The second-order valence-corrected chi connectivity index (χ2v) is 9.11. The van der Waals surface area contributed by atoms with E-state index in [1.54, 1.807) is 29.2 Å². The van der Waals surface area contributed by atoms with E-state index in [4.69, 9.17) is 0 Å². The fourth-order valence-corrected chi connectivity index (χ4v) is 4.55. The highest BCUT2D eigenvalue weighted by Gasteiger charge is 2.25. The third kappa shape index (κ3) is 6.78. The molecule has 0 unspecified atom stereocenters. The van der Waals surface area contributed by atoms with E-state index >= 15 is 0 Å². The first kappa shape index (κ1) is 26.0. The Morgan fingerprint density at radius 1 is 1.03 bits per heavy atom. The number of rotatable bonds is 8. The molecule has 7 nitrogen and oxygen atoms in total. The van der Waals surface area contributed by atoms with Crippen LogP contribution in [0.2, 0.25) is 0 Å². The third-order valence-corrected chi connectivity index (χ3v) is 6.66. The molecule has 0 aliphatic carbocycles. The molecule has 0 atom stereocenters. The van der Waals surface area contributed by atoms with Gasteiger partial charge < -0.3 is 15.0 Å². The van der Waals surface area contributed by atoms with E-state index in [1.807, 2.05) is 24.3 Å². The van der Waals surface area contributed by atoms with Gasteiger partial charge >= 0.3 is 5.97 Å². The molecule has 2 heterocycles. The van der Waals surface area contributed by atoms with Gasteiger partial charge in [-0.2, -0.15) is 0 Å². The quantitative estimate of drug-likeness (QED) is 0.438. The number of carbonyl (C=O) groups is 3. The van der Waals surface area contributed by atoms with Crippen LogP contribution in [-0.2, 0) is 16.0 Å². The number of hydrogen-bond donors (Lipinski definition) is 1. The number of hydrogen-bond acceptors (Lipinski definition) is 5. The SMILES string of the molecule is COC(=O)c1ccc(C(=O)N2CCC(c3ccc(NC(=O)CCCc4ccccc4F)cc3)CC2)cn1. The van der Waals surface area contributed by atoms with Crippen molar-refractivity contribution in [3.63, 3.8) is 0 Å². The zero-order chi connectivity index (χ0) is 26.2. The molecule has 4 rings (SSSR count). The molecule has 1 fully saturated rings. The van der Waals surface area contributed by atoms with Crippen LogP contribution in [0.1, 0.15) is 63.6 Å². The molecular weight excluding hydrogens is 473 g/mol. The van der Waals surface area contributed by atoms with Crippen LogP contribution in [0.4, 0.5) is 10.1 Å². The standard InChI is InChI=1S/C29H30FN3O4/c1-37-29(36)26-14-11-23(19-31-26)28(35)33-17-15-21(16-18-33)20-9-12-24(13-10-20)32-27(34)8-4-6-22-5-2-3-7-25(22)30/h2-3,5,7,9-14,19,21H,4,6,8,15-18H2,1H3,(H,32,34). The normalized spacial score (nSPS) is 13.7. The molecule has 0 bridgehead atoms. The fraction of sp³-hybridized carbons (Fsp3) is 0.310. The maximum absolute atomic E-state index is 13.7. The predicted molar refractivity (Wildman–Crippen MR) is 138 cm³/mol. The molecule has 1 aliphatic heterocycles. The molecule has 0 saturated carbocycles. The van der Waals surface area contributed by atoms with Crippen LogP contribution in [0, 0.1) is 5.82 Å². The summed E-state index contributed by atoms with van der Waals surface area (Å²) in [6.45, 7) is 1.26. The number of pyridine rings is 1. The van der Waals surface area contributed by atoms with Gasteiger partial charge in [0, 0.05) is 31.4 Å². The van der Waals surface area contributed by atoms with Crippen LogP contribution in [-0.4, -0.2) is 47.9 Å². The molecule has 1 aliphatic rings. The first-order valence-electron chi connectivity index (χ1n) is 12.4. The molecule has 3 aromatic rings. The van der Waals surface area contributed by atoms with E-state index < -0.39 is 5.97 Å². The van der Waals surface area contributed by atoms with E-state index in [-0.39, 0.29) is 23.3 Å². The zero-order valence-electron chi connectivity index (χ0n) is 20.8. The van der Waals surface area contributed by atoms with Gasteiger partial charge in [-0.3, -0.25) is 9.59 Å². The summed E-state index contributed by atoms with van der Waals surface area (Å²) in [4.78, 5) is 42.5. The second kappa shape index (κ2) is 12.3. The van der Waals surface area contributed by atoms with Crippen LogP contribution in [0.25, 0.3) is 0 Å². The highest BCUT2D eigenvalue weighted by Crippen LogP contribution is 2.29. The van der Waals surface area contributed by atoms with E-state index in [1.165, 1.54) is 31.0 Å². The molecule has 1 saturated heterocycles. The van der Waals surface area contributed by atoms with E-state index in [0.717, 1.165) is 18.5 Å². The van der Waals surface area contributed by atoms with Crippen molar-refractivity contribution < 1.29 is 23.5 Å². The van der Waals surface area contributed by atoms with Gasteiger partial charge in [0.25, 0.3) is 5.91 Å². The van der Waals surface area contributed by atoms with Crippen LogP contribution in [0.3, 0.4) is 0 Å². The molecule has 37 heavy (non-hydrogen) atoms. The number of halogens is 1. The number of aryl methyl sites for hydroxylation is 1. The maximum atomic E-state index is 13.7. The van der Waals surface area contributed by atoms with E-state index in [2.05, 4.69) is 15.0 Å². The lowest BCUT2D eigenvalue weighted by molar-refractivity contribution is -0.116. The monoisotopic (exact) mass is 503 g/mol. The highest BCUT2D eigenvalue weighted by atomic mass is 19.1. The number of carbonyl (C=O) groups excluding carboxylic acids is 3. The van der Waals surface area contributed by atoms with Gasteiger partial charge in [-0.1, -0.05) is 30.3 Å². The summed E-state index contributed by atoms with van der Waals surface area (Å²) < 4.78 is 18.3. The summed E-state index contributed by atoms with van der Waals surface area (Å²) in [5.41, 5.74) is 3.14. The molecule has 8 heteroatoms. The molecule has 2 aromatic carbocycles. The van der Waals surface area contributed by atoms with Gasteiger partial charge in [-0.05, 0) is 73.1 Å². The van der Waals surface area contributed by atoms with E-state index in [9.17, 15) is 18.8 Å². The number of benzene rings is 2. The van der Waals surface area contributed by atoms with Crippen molar-refractivity contribution in [1.82, 2.24) is 9.88 Å². The van der Waals surface area contributed by atoms with Crippen molar-refractivity contribution in [2.24, 2.45) is 0 Å². The Bertz CT molecular complexity index is 1240. The Balaban J connectivity index is 1.23. The summed E-state index contributed by atoms with van der Waals surface area (Å²) in [7, 11) is 1.29. The number of methoxy groups -OCH3 is 1. The number of likely N-dealkylation sites (tertiary alicyclic amines) is 1. The molecule has 0 spiro atoms. The minimum atomic E-state index is -0.537. The van der Waals surface area contributed by atoms with Crippen molar-refractivity contribution in [3.8, 4) is 0 Å². The number of amides is 2. The number of nitrogens with one attached hydrogen (secondary N) is 1. The molecular formula is C29H30FN3O4. The Kier molecular flexibility index (Phi) is 8.61. The van der Waals surface area contributed by atoms with Crippen molar-refractivity contribution in [2.45, 2.75) is 38.0 Å². The number of aromatic nitrogens is 1. The van der Waals surface area contributed by atoms with Crippen LogP contribution in [0.15, 0.2) is 66.9 Å². The zero-order valence-corrected chi connectivity index (χ0v) is 20.8. The van der Waals surface area contributed by atoms with Crippen molar-refractivity contribution in [3.05, 3.63) is 95.1 Å². The summed E-state index contributed by atoms with van der Waals surface area (Å²) >= 11 is 0. The minimum absolute atomic E-state index is 0.0926. The first-order valence-corrected chi connectivity index (χ1v) is 12.4. The van der Waals surface area contributed by atoms with Crippen LogP contribution < -0.4 is 5.32 Å². The Labute approximate surface area is 215 Å². The minimum Gasteiger partial charge on any atom is -0.464 e. The molecule has 2 amide bonds. The van der Waals surface area contributed by atoms with Gasteiger partial charge in [-0.15, -0.1) is 0 Å². The molecule has 0 radical (unpaired) electrons. The van der Waals surface area contributed by atoms with Gasteiger partial charge in [-0.25, -0.2) is 14.2 Å². The Morgan fingerprint density at radius 3 is 2.41 bits per heavy atom. The Morgan fingerprint density at radius 2 is 1.76 bits per heavy atom. The largest absolute Gasteiger partial charge is 0.464 e. The first-order chi connectivity index (χ1) is 17.9. The predicted octanol–water partition coefficient (Wildman–Crippen LogP) is 4.99. The molecule has 192 valence electrons. The number of ether oxygens (including phenoxy) is 1. The number of anilines is 1. The van der Waals surface area contributed by atoms with Crippen molar-refractivity contribution in [1.29, 1.82) is 0 Å². The lowest BCUT2D eigenvalue weighted by Crippen LogP contribution is -2.38. The fourth-order valence-electron chi connectivity index (χ4n) is 4.55. The average molecular weight is 504 g/mol. The number of nitrogens with zero attached hydrogens (tertiary/aromatic N) is 2. The molecule has 1 N–H and O–H groups in total. The van der Waals surface area contributed by atoms with Crippen molar-refractivity contribution >= 4 is 23.5 Å². The highest BCUT2D eigenvalue weighted by molar-refractivity contribution is 5.95. The van der Waals surface area contributed by atoms with E-state index in [0.29, 0.717) is 49.4 Å². The summed E-state index contributed by atoms with van der Waals surface area (Å²) in [6, 6.07) is 17.6. The van der Waals surface area contributed by atoms with Crippen LogP contribution >= 0.6 is 0 Å². The lowest BCUT2D eigenvalue weighted by atomic mass is 9.89. The maximum Gasteiger partial charge on any atom is 0.356 e. The van der Waals surface area contributed by atoms with Gasteiger partial charge in [0.15, 0.2) is 0 Å². The number of piperidine rings is 1. The summed E-state index contributed by atoms with van der Waals surface area (Å²) in [6.07, 6.45) is 4.50. The Hall–Kier alpha value is -4.07. The van der Waals surface area contributed by atoms with Gasteiger partial charge in [0.1, 0.15) is 11.5 Å². The van der Waals surface area contributed by atoms with Gasteiger partial charge in [0.2, 0.25) is 5.91 Å². The summed E-state index contributed by atoms with van der Waals surface area (Å²) in [5, 5.41) is 2.91. The van der Waals surface area contributed by atoms with Gasteiger partial charge in [0.05, 0.1) is 12.7 Å². The second-order valence-electron chi connectivity index (χ2n) is 9.11. The lowest BCUT2D eigenvalue weighted by Gasteiger charge is -2.32. The summed E-state index contributed by atoms with van der Waals surface area (Å²) in [5.74, 6) is -0.639.